The summed E-state index contributed by atoms with van der Waals surface area (Å²) in [6.45, 7) is 4.35. The van der Waals surface area contributed by atoms with Gasteiger partial charge in [-0.1, -0.05) is 6.07 Å². The average molecular weight is 286 g/mol. The number of nitrogen functional groups attached to an aromatic ring is 1. The number of rotatable bonds is 5. The third-order valence-electron chi connectivity index (χ3n) is 2.87. The van der Waals surface area contributed by atoms with Crippen LogP contribution >= 0.6 is 0 Å². The van der Waals surface area contributed by atoms with E-state index >= 15 is 0 Å². The first-order chi connectivity index (χ1) is 10.1. The van der Waals surface area contributed by atoms with Crippen molar-refractivity contribution in [3.63, 3.8) is 0 Å². The SMILES string of the molecule is CCOC(=O)c1cccc(N)c1NCc1ccnc(C)n1. The number of ether oxygens (including phenoxy) is 1. The molecule has 0 spiro atoms. The van der Waals surface area contributed by atoms with Gasteiger partial charge >= 0.3 is 5.97 Å². The molecular weight excluding hydrogens is 268 g/mol. The molecule has 0 bridgehead atoms. The summed E-state index contributed by atoms with van der Waals surface area (Å²) in [4.78, 5) is 20.3. The molecular formula is C15H18N4O2. The molecule has 1 aromatic heterocycles. The fourth-order valence-electron chi connectivity index (χ4n) is 1.93. The highest BCUT2D eigenvalue weighted by Gasteiger charge is 2.14. The number of hydrogen-bond donors (Lipinski definition) is 2. The summed E-state index contributed by atoms with van der Waals surface area (Å²) >= 11 is 0. The zero-order valence-corrected chi connectivity index (χ0v) is 12.1. The van der Waals surface area contributed by atoms with Crippen molar-refractivity contribution in [1.82, 2.24) is 9.97 Å². The van der Waals surface area contributed by atoms with Crippen LogP contribution in [-0.2, 0) is 11.3 Å². The standard InChI is InChI=1S/C15H18N4O2/c1-3-21-15(20)12-5-4-6-13(16)14(12)18-9-11-7-8-17-10(2)19-11/h4-8,18H,3,9,16H2,1-2H3. The summed E-state index contributed by atoms with van der Waals surface area (Å²) in [5.74, 6) is 0.298. The summed E-state index contributed by atoms with van der Waals surface area (Å²) in [6.07, 6.45) is 1.69. The molecule has 0 atom stereocenters. The number of nitrogens with zero attached hydrogens (tertiary/aromatic N) is 2. The topological polar surface area (TPSA) is 90.1 Å². The Labute approximate surface area is 123 Å². The second-order valence-electron chi connectivity index (χ2n) is 4.44. The van der Waals surface area contributed by atoms with Gasteiger partial charge in [-0.2, -0.15) is 0 Å². The number of carbonyl (C=O) groups is 1. The van der Waals surface area contributed by atoms with Crippen LogP contribution in [0.4, 0.5) is 11.4 Å². The largest absolute Gasteiger partial charge is 0.462 e. The molecule has 2 rings (SSSR count). The predicted octanol–water partition coefficient (Wildman–Crippen LogP) is 2.16. The van der Waals surface area contributed by atoms with Gasteiger partial charge in [-0.15, -0.1) is 0 Å². The van der Waals surface area contributed by atoms with E-state index in [2.05, 4.69) is 15.3 Å². The van der Waals surface area contributed by atoms with Crippen molar-refractivity contribution in [1.29, 1.82) is 0 Å². The minimum Gasteiger partial charge on any atom is -0.462 e. The number of benzene rings is 1. The number of nitrogens with one attached hydrogen (secondary N) is 1. The van der Waals surface area contributed by atoms with E-state index in [-0.39, 0.29) is 0 Å². The number of nitrogens with two attached hydrogens (primary N) is 1. The third-order valence-corrected chi connectivity index (χ3v) is 2.87. The molecule has 0 amide bonds. The van der Waals surface area contributed by atoms with E-state index < -0.39 is 5.97 Å². The normalized spacial score (nSPS) is 10.2. The van der Waals surface area contributed by atoms with Gasteiger partial charge in [-0.05, 0) is 32.0 Å². The molecule has 0 saturated carbocycles. The number of aryl methyl sites for hydroxylation is 1. The van der Waals surface area contributed by atoms with Crippen LogP contribution in [0.2, 0.25) is 0 Å². The molecule has 6 nitrogen and oxygen atoms in total. The summed E-state index contributed by atoms with van der Waals surface area (Å²) in [6, 6.07) is 6.95. The molecule has 0 unspecified atom stereocenters. The molecule has 0 radical (unpaired) electrons. The van der Waals surface area contributed by atoms with Crippen molar-refractivity contribution in [2.24, 2.45) is 0 Å². The van der Waals surface area contributed by atoms with E-state index in [0.29, 0.717) is 35.9 Å². The minimum atomic E-state index is -0.397. The lowest BCUT2D eigenvalue weighted by Gasteiger charge is -2.13. The fourth-order valence-corrected chi connectivity index (χ4v) is 1.93. The Kier molecular flexibility index (Phi) is 4.71. The molecule has 0 aliphatic rings. The number of aromatic nitrogens is 2. The second-order valence-corrected chi connectivity index (χ2v) is 4.44. The predicted molar refractivity (Wildman–Crippen MR) is 80.9 cm³/mol. The lowest BCUT2D eigenvalue weighted by molar-refractivity contribution is 0.0527. The van der Waals surface area contributed by atoms with Crippen molar-refractivity contribution >= 4 is 17.3 Å². The monoisotopic (exact) mass is 286 g/mol. The number of carbonyl (C=O) groups excluding carboxylic acids is 1. The van der Waals surface area contributed by atoms with Crippen LogP contribution in [0.1, 0.15) is 28.8 Å². The van der Waals surface area contributed by atoms with Crippen LogP contribution in [0.3, 0.4) is 0 Å². The van der Waals surface area contributed by atoms with Crippen LogP contribution in [0.15, 0.2) is 30.5 Å². The highest BCUT2D eigenvalue weighted by atomic mass is 16.5. The zero-order valence-electron chi connectivity index (χ0n) is 12.1. The first-order valence-electron chi connectivity index (χ1n) is 6.69. The Bertz CT molecular complexity index is 643. The van der Waals surface area contributed by atoms with Gasteiger partial charge in [0, 0.05) is 6.20 Å². The van der Waals surface area contributed by atoms with E-state index in [1.165, 1.54) is 0 Å². The molecule has 1 heterocycles. The summed E-state index contributed by atoms with van der Waals surface area (Å²) < 4.78 is 5.03. The van der Waals surface area contributed by atoms with Crippen molar-refractivity contribution in [2.75, 3.05) is 17.7 Å². The fraction of sp³-hybridized carbons (Fsp3) is 0.267. The second kappa shape index (κ2) is 6.69. The van der Waals surface area contributed by atoms with Gasteiger partial charge in [0.15, 0.2) is 0 Å². The average Bonchev–Trinajstić information content (AvgIpc) is 2.46. The van der Waals surface area contributed by atoms with Crippen molar-refractivity contribution in [3.8, 4) is 0 Å². The molecule has 0 saturated heterocycles. The maximum atomic E-state index is 11.9. The zero-order chi connectivity index (χ0) is 15.2. The first kappa shape index (κ1) is 14.8. The quantitative estimate of drug-likeness (QED) is 0.646. The maximum absolute atomic E-state index is 11.9. The third kappa shape index (κ3) is 3.68. The van der Waals surface area contributed by atoms with Crippen LogP contribution < -0.4 is 11.1 Å². The van der Waals surface area contributed by atoms with Gasteiger partial charge in [-0.3, -0.25) is 0 Å². The molecule has 0 aliphatic heterocycles. The molecule has 6 heteroatoms. The van der Waals surface area contributed by atoms with E-state index in [1.54, 1.807) is 31.3 Å². The van der Waals surface area contributed by atoms with E-state index in [0.717, 1.165) is 5.69 Å². The van der Waals surface area contributed by atoms with Gasteiger partial charge in [-0.25, -0.2) is 14.8 Å². The van der Waals surface area contributed by atoms with Crippen LogP contribution in [0.25, 0.3) is 0 Å². The number of anilines is 2. The molecule has 21 heavy (non-hydrogen) atoms. The molecule has 0 aliphatic carbocycles. The van der Waals surface area contributed by atoms with Crippen molar-refractivity contribution < 1.29 is 9.53 Å². The lowest BCUT2D eigenvalue weighted by atomic mass is 10.1. The smallest absolute Gasteiger partial charge is 0.340 e. The minimum absolute atomic E-state index is 0.318. The Balaban J connectivity index is 2.21. The van der Waals surface area contributed by atoms with Gasteiger partial charge in [0.05, 0.1) is 35.8 Å². The van der Waals surface area contributed by atoms with Crippen molar-refractivity contribution in [2.45, 2.75) is 20.4 Å². The van der Waals surface area contributed by atoms with E-state index in [9.17, 15) is 4.79 Å². The molecule has 2 aromatic rings. The van der Waals surface area contributed by atoms with Crippen molar-refractivity contribution in [3.05, 3.63) is 47.5 Å². The molecule has 3 N–H and O–H groups in total. The van der Waals surface area contributed by atoms with Crippen LogP contribution in [-0.4, -0.2) is 22.5 Å². The Morgan fingerprint density at radius 2 is 2.19 bits per heavy atom. The molecule has 0 fully saturated rings. The summed E-state index contributed by atoms with van der Waals surface area (Å²) in [5.41, 5.74) is 8.24. The number of esters is 1. The Hall–Kier alpha value is -2.63. The van der Waals surface area contributed by atoms with E-state index in [4.69, 9.17) is 10.5 Å². The Morgan fingerprint density at radius 3 is 2.90 bits per heavy atom. The number of para-hydroxylation sites is 1. The van der Waals surface area contributed by atoms with E-state index in [1.807, 2.05) is 13.0 Å². The highest BCUT2D eigenvalue weighted by Crippen LogP contribution is 2.24. The van der Waals surface area contributed by atoms with Crippen LogP contribution in [0, 0.1) is 6.92 Å². The highest BCUT2D eigenvalue weighted by molar-refractivity contribution is 5.98. The van der Waals surface area contributed by atoms with Crippen LogP contribution in [0.5, 0.6) is 0 Å². The first-order valence-corrected chi connectivity index (χ1v) is 6.69. The summed E-state index contributed by atoms with van der Waals surface area (Å²) in [7, 11) is 0. The number of hydrogen-bond acceptors (Lipinski definition) is 6. The van der Waals surface area contributed by atoms with Gasteiger partial charge in [0.2, 0.25) is 0 Å². The van der Waals surface area contributed by atoms with Gasteiger partial charge in [0.1, 0.15) is 5.82 Å². The Morgan fingerprint density at radius 1 is 1.38 bits per heavy atom. The lowest BCUT2D eigenvalue weighted by Crippen LogP contribution is -2.12. The van der Waals surface area contributed by atoms with Gasteiger partial charge < -0.3 is 15.8 Å². The maximum Gasteiger partial charge on any atom is 0.340 e. The summed E-state index contributed by atoms with van der Waals surface area (Å²) in [5, 5.41) is 3.15. The molecule has 110 valence electrons. The molecule has 1 aromatic carbocycles. The van der Waals surface area contributed by atoms with Gasteiger partial charge in [0.25, 0.3) is 0 Å².